The first kappa shape index (κ1) is 21.7. The summed E-state index contributed by atoms with van der Waals surface area (Å²) >= 11 is 0. The molecule has 2 aromatic heterocycles. The van der Waals surface area contributed by atoms with E-state index in [-0.39, 0.29) is 17.4 Å². The number of aromatic nitrogens is 3. The molecule has 1 saturated carbocycles. The molecular formula is C26H33N5O2. The average molecular weight is 448 g/mol. The molecule has 3 aromatic rings. The van der Waals surface area contributed by atoms with E-state index in [1.54, 1.807) is 0 Å². The Morgan fingerprint density at radius 2 is 1.94 bits per heavy atom. The molecule has 0 spiro atoms. The van der Waals surface area contributed by atoms with Crippen LogP contribution < -0.4 is 15.0 Å². The summed E-state index contributed by atoms with van der Waals surface area (Å²) < 4.78 is 8.45. The van der Waals surface area contributed by atoms with Crippen LogP contribution in [-0.2, 0) is 11.2 Å². The lowest BCUT2D eigenvalue weighted by molar-refractivity contribution is -0.117. The number of pyridine rings is 1. The Hall–Kier alpha value is -3.09. The van der Waals surface area contributed by atoms with E-state index in [2.05, 4.69) is 66.2 Å². The van der Waals surface area contributed by atoms with E-state index in [0.717, 1.165) is 62.4 Å². The van der Waals surface area contributed by atoms with Crippen molar-refractivity contribution in [1.82, 2.24) is 14.6 Å². The molecule has 33 heavy (non-hydrogen) atoms. The quantitative estimate of drug-likeness (QED) is 0.593. The van der Waals surface area contributed by atoms with Gasteiger partial charge in [-0.05, 0) is 74.9 Å². The lowest BCUT2D eigenvalue weighted by atomic mass is 9.92. The highest BCUT2D eigenvalue weighted by Gasteiger charge is 2.34. The first-order valence-electron chi connectivity index (χ1n) is 12.1. The van der Waals surface area contributed by atoms with Crippen LogP contribution in [0.1, 0.15) is 56.2 Å². The van der Waals surface area contributed by atoms with E-state index in [4.69, 9.17) is 4.74 Å². The van der Waals surface area contributed by atoms with E-state index < -0.39 is 0 Å². The third kappa shape index (κ3) is 4.28. The molecule has 2 fully saturated rings. The van der Waals surface area contributed by atoms with Gasteiger partial charge in [0.1, 0.15) is 17.2 Å². The summed E-state index contributed by atoms with van der Waals surface area (Å²) in [4.78, 5) is 19.0. The van der Waals surface area contributed by atoms with Crippen molar-refractivity contribution in [3.63, 3.8) is 0 Å². The fraction of sp³-hybridized carbons (Fsp3) is 0.500. The third-order valence-electron chi connectivity index (χ3n) is 7.16. The number of rotatable bonds is 6. The Labute approximate surface area is 195 Å². The van der Waals surface area contributed by atoms with Crippen molar-refractivity contribution < 1.29 is 9.53 Å². The van der Waals surface area contributed by atoms with Crippen LogP contribution in [0, 0.1) is 19.8 Å². The first-order valence-corrected chi connectivity index (χ1v) is 12.1. The Morgan fingerprint density at radius 3 is 2.64 bits per heavy atom. The molecule has 0 atom stereocenters. The second kappa shape index (κ2) is 8.36. The molecule has 1 aliphatic heterocycles. The van der Waals surface area contributed by atoms with Crippen molar-refractivity contribution in [3.05, 3.63) is 47.0 Å². The molecule has 1 aliphatic carbocycles. The Morgan fingerprint density at radius 1 is 1.18 bits per heavy atom. The Balaban J connectivity index is 1.30. The van der Waals surface area contributed by atoms with Gasteiger partial charge in [0, 0.05) is 31.8 Å². The van der Waals surface area contributed by atoms with E-state index in [1.807, 2.05) is 16.6 Å². The fourth-order valence-corrected chi connectivity index (χ4v) is 4.84. The van der Waals surface area contributed by atoms with Gasteiger partial charge in [0.25, 0.3) is 0 Å². The van der Waals surface area contributed by atoms with Gasteiger partial charge in [-0.3, -0.25) is 10.1 Å². The molecule has 1 saturated heterocycles. The summed E-state index contributed by atoms with van der Waals surface area (Å²) in [6, 6.07) is 10.3. The van der Waals surface area contributed by atoms with Crippen LogP contribution in [0.4, 0.5) is 11.8 Å². The van der Waals surface area contributed by atoms with Crippen LogP contribution in [0.2, 0.25) is 0 Å². The normalized spacial score (nSPS) is 17.9. The minimum Gasteiger partial charge on any atom is -0.487 e. The highest BCUT2D eigenvalue weighted by molar-refractivity contribution is 5.92. The summed E-state index contributed by atoms with van der Waals surface area (Å²) in [7, 11) is 0. The number of hydrogen-bond donors (Lipinski definition) is 1. The molecule has 7 nitrogen and oxygen atoms in total. The third-order valence-corrected chi connectivity index (χ3v) is 7.16. The van der Waals surface area contributed by atoms with Crippen molar-refractivity contribution in [2.75, 3.05) is 23.3 Å². The van der Waals surface area contributed by atoms with Crippen molar-refractivity contribution in [2.24, 2.45) is 5.92 Å². The van der Waals surface area contributed by atoms with E-state index >= 15 is 0 Å². The smallest absolute Gasteiger partial charge is 0.249 e. The topological polar surface area (TPSA) is 71.8 Å². The van der Waals surface area contributed by atoms with Gasteiger partial charge in [0.05, 0.1) is 0 Å². The molecule has 0 radical (unpaired) electrons. The molecule has 3 heterocycles. The van der Waals surface area contributed by atoms with Gasteiger partial charge in [-0.25, -0.2) is 0 Å². The van der Waals surface area contributed by atoms with Gasteiger partial charge < -0.3 is 9.64 Å². The maximum absolute atomic E-state index is 12.1. The molecule has 1 N–H and O–H groups in total. The predicted octanol–water partition coefficient (Wildman–Crippen LogP) is 4.69. The number of nitrogens with zero attached hydrogens (tertiary/aromatic N) is 4. The number of benzene rings is 1. The zero-order valence-electron chi connectivity index (χ0n) is 20.0. The van der Waals surface area contributed by atoms with Crippen molar-refractivity contribution >= 4 is 23.3 Å². The Bertz CT molecular complexity index is 1190. The van der Waals surface area contributed by atoms with E-state index in [1.165, 1.54) is 16.7 Å². The molecule has 7 heteroatoms. The summed E-state index contributed by atoms with van der Waals surface area (Å²) in [6.45, 7) is 10.5. The first-order chi connectivity index (χ1) is 15.9. The number of hydrogen-bond acceptors (Lipinski definition) is 5. The lowest BCUT2D eigenvalue weighted by Crippen LogP contribution is -2.46. The van der Waals surface area contributed by atoms with Crippen molar-refractivity contribution in [2.45, 2.75) is 65.4 Å². The molecule has 0 bridgehead atoms. The zero-order chi connectivity index (χ0) is 23.2. The van der Waals surface area contributed by atoms with Crippen LogP contribution in [-0.4, -0.2) is 39.2 Å². The fourth-order valence-electron chi connectivity index (χ4n) is 4.84. The molecule has 1 aromatic carbocycles. The maximum atomic E-state index is 12.1. The highest BCUT2D eigenvalue weighted by Crippen LogP contribution is 2.34. The zero-order valence-corrected chi connectivity index (χ0v) is 20.0. The van der Waals surface area contributed by atoms with Crippen LogP contribution in [0.25, 0.3) is 5.65 Å². The SMILES string of the molecule is CCc1c(C)ccc(OC2(C)CCN(c3cccc4nc(NC(=O)C5CC5)nn34)CC2)c1C. The van der Waals surface area contributed by atoms with Gasteiger partial charge in [-0.15, -0.1) is 5.10 Å². The molecule has 174 valence electrons. The number of fused-ring (bicyclic) bond motifs is 1. The number of ether oxygens (including phenoxy) is 1. The number of carbonyl (C=O) groups excluding carboxylic acids is 1. The predicted molar refractivity (Wildman–Crippen MR) is 130 cm³/mol. The van der Waals surface area contributed by atoms with Gasteiger partial charge in [0.2, 0.25) is 11.9 Å². The van der Waals surface area contributed by atoms with Crippen LogP contribution >= 0.6 is 0 Å². The number of aryl methyl sites for hydroxylation is 1. The second-order valence-electron chi connectivity index (χ2n) is 9.73. The van der Waals surface area contributed by atoms with Gasteiger partial charge >= 0.3 is 0 Å². The number of carbonyl (C=O) groups is 1. The molecular weight excluding hydrogens is 414 g/mol. The van der Waals surface area contributed by atoms with Crippen molar-refractivity contribution in [1.29, 1.82) is 0 Å². The summed E-state index contributed by atoms with van der Waals surface area (Å²) in [5, 5.41) is 7.44. The maximum Gasteiger partial charge on any atom is 0.249 e. The average Bonchev–Trinajstić information content (AvgIpc) is 3.57. The standard InChI is InChI=1S/C26H33N5O2/c1-5-20-17(2)9-12-21(18(20)3)33-26(4)13-15-30(16-14-26)23-8-6-7-22-27-25(29-31(22)23)28-24(32)19-10-11-19/h6-9,12,19H,5,10-11,13-16H2,1-4H3,(H,28,29,32). The van der Waals surface area contributed by atoms with Crippen LogP contribution in [0.5, 0.6) is 5.75 Å². The number of piperidine rings is 1. The van der Waals surface area contributed by atoms with Crippen molar-refractivity contribution in [3.8, 4) is 5.75 Å². The van der Waals surface area contributed by atoms with Crippen LogP contribution in [0.15, 0.2) is 30.3 Å². The summed E-state index contributed by atoms with van der Waals surface area (Å²) in [5.74, 6) is 2.53. The highest BCUT2D eigenvalue weighted by atomic mass is 16.5. The number of anilines is 2. The second-order valence-corrected chi connectivity index (χ2v) is 9.73. The Kier molecular flexibility index (Phi) is 5.51. The summed E-state index contributed by atoms with van der Waals surface area (Å²) in [5.41, 5.74) is 4.51. The monoisotopic (exact) mass is 447 g/mol. The largest absolute Gasteiger partial charge is 0.487 e. The number of amides is 1. The molecule has 1 amide bonds. The minimum absolute atomic E-state index is 0.0240. The molecule has 5 rings (SSSR count). The number of nitrogens with one attached hydrogen (secondary N) is 1. The van der Waals surface area contributed by atoms with Gasteiger partial charge in [-0.1, -0.05) is 19.1 Å². The molecule has 0 unspecified atom stereocenters. The van der Waals surface area contributed by atoms with E-state index in [0.29, 0.717) is 5.95 Å². The lowest BCUT2D eigenvalue weighted by Gasteiger charge is -2.40. The summed E-state index contributed by atoms with van der Waals surface area (Å²) in [6.07, 6.45) is 4.77. The van der Waals surface area contributed by atoms with E-state index in [9.17, 15) is 4.79 Å². The van der Waals surface area contributed by atoms with Gasteiger partial charge in [0.15, 0.2) is 5.65 Å². The van der Waals surface area contributed by atoms with Gasteiger partial charge in [-0.2, -0.15) is 9.50 Å². The minimum atomic E-state index is -0.207. The molecule has 2 aliphatic rings. The van der Waals surface area contributed by atoms with Crippen LogP contribution in [0.3, 0.4) is 0 Å².